The molecule has 272 valence electrons. The predicted octanol–water partition coefficient (Wildman–Crippen LogP) is 3.53. The van der Waals surface area contributed by atoms with Crippen molar-refractivity contribution in [2.24, 2.45) is 11.8 Å². The van der Waals surface area contributed by atoms with Crippen molar-refractivity contribution in [1.29, 1.82) is 0 Å². The van der Waals surface area contributed by atoms with E-state index in [1.54, 1.807) is 12.1 Å². The number of nitrogens with zero attached hydrogens (tertiary/aromatic N) is 2. The molecule has 2 aromatic carbocycles. The smallest absolute Gasteiger partial charge is 0.477 e. The highest BCUT2D eigenvalue weighted by molar-refractivity contribution is 5.91. The van der Waals surface area contributed by atoms with Gasteiger partial charge in [0.15, 0.2) is 46.8 Å². The van der Waals surface area contributed by atoms with Crippen LogP contribution in [0.5, 0.6) is 23.0 Å². The quantitative estimate of drug-likeness (QED) is 0.337. The maximum Gasteiger partial charge on any atom is 0.519 e. The molecule has 6 fully saturated rings. The van der Waals surface area contributed by atoms with Gasteiger partial charge >= 0.3 is 6.16 Å². The number of carbonyl (C=O) groups is 3. The zero-order valence-electron chi connectivity index (χ0n) is 29.2. The molecule has 8 atom stereocenters. The number of ether oxygens (including phenoxy) is 4. The molecule has 0 amide bonds. The third kappa shape index (κ3) is 3.64. The maximum absolute atomic E-state index is 13.7. The Morgan fingerprint density at radius 2 is 1.13 bits per heavy atom. The Balaban J connectivity index is 0.879. The summed E-state index contributed by atoms with van der Waals surface area (Å²) in [6, 6.07) is 7.13. The molecule has 10 aliphatic rings. The zero-order valence-corrected chi connectivity index (χ0v) is 29.2. The van der Waals surface area contributed by atoms with Crippen LogP contribution in [0.4, 0.5) is 4.79 Å². The summed E-state index contributed by atoms with van der Waals surface area (Å²) in [5, 5.41) is 25.2. The molecule has 2 N–H and O–H groups in total. The molecular weight excluding hydrogens is 664 g/mol. The molecule has 11 nitrogen and oxygen atoms in total. The molecule has 2 saturated heterocycles. The predicted molar refractivity (Wildman–Crippen MR) is 183 cm³/mol. The molecule has 4 bridgehead atoms. The van der Waals surface area contributed by atoms with E-state index < -0.39 is 40.4 Å². The zero-order chi connectivity index (χ0) is 34.9. The molecule has 2 unspecified atom stereocenters. The number of rotatable bonds is 6. The SMILES string of the molecule is O=C(Oc1ccc2c3c1OC1C(=O)CC[C@@]4(O)[C@@H](C2)N(CC2CC2)CC[C@]314)Oc1ccc2c3c1OC1C(=O)CC[C@@]4(O)[C@@H](C2)N(CC2CC2)CC[C@]314. The number of hydrogen-bond donors (Lipinski definition) is 2. The van der Waals surface area contributed by atoms with Crippen molar-refractivity contribution in [3.63, 3.8) is 0 Å². The third-order valence-electron chi connectivity index (χ3n) is 15.5. The van der Waals surface area contributed by atoms with Gasteiger partial charge in [0.25, 0.3) is 0 Å². The Labute approximate surface area is 301 Å². The van der Waals surface area contributed by atoms with E-state index in [0.29, 0.717) is 61.9 Å². The minimum absolute atomic E-state index is 0.0261. The lowest BCUT2D eigenvalue weighted by Crippen LogP contribution is -2.76. The second-order valence-electron chi connectivity index (χ2n) is 17.8. The molecule has 4 aliphatic heterocycles. The normalized spacial score (nSPS) is 40.4. The van der Waals surface area contributed by atoms with E-state index in [9.17, 15) is 24.6 Å². The molecule has 4 heterocycles. The van der Waals surface area contributed by atoms with Crippen molar-refractivity contribution in [2.45, 2.75) is 123 Å². The van der Waals surface area contributed by atoms with E-state index in [0.717, 1.165) is 48.4 Å². The maximum atomic E-state index is 13.7. The van der Waals surface area contributed by atoms with Crippen LogP contribution in [0.1, 0.15) is 86.5 Å². The molecule has 4 saturated carbocycles. The number of Topliss-reactive ketones (excluding diaryl/α,β-unsaturated/α-hetero) is 2. The summed E-state index contributed by atoms with van der Waals surface area (Å²) < 4.78 is 24.8. The molecule has 2 spiro atoms. The minimum atomic E-state index is -1.12. The van der Waals surface area contributed by atoms with Crippen LogP contribution in [0.2, 0.25) is 0 Å². The number of hydrogen-bond acceptors (Lipinski definition) is 11. The van der Waals surface area contributed by atoms with Crippen LogP contribution in [0, 0.1) is 11.8 Å². The fourth-order valence-corrected chi connectivity index (χ4v) is 12.9. The molecule has 12 rings (SSSR count). The van der Waals surface area contributed by atoms with E-state index in [-0.39, 0.29) is 48.0 Å². The van der Waals surface area contributed by atoms with Crippen LogP contribution in [-0.2, 0) is 33.3 Å². The lowest BCUT2D eigenvalue weighted by molar-refractivity contribution is -0.188. The monoisotopic (exact) mass is 708 g/mol. The molecule has 0 aromatic heterocycles. The average Bonchev–Trinajstić information content (AvgIpc) is 4.05. The van der Waals surface area contributed by atoms with E-state index in [4.69, 9.17) is 18.9 Å². The van der Waals surface area contributed by atoms with Gasteiger partial charge in [-0.2, -0.15) is 0 Å². The van der Waals surface area contributed by atoms with Gasteiger partial charge in [0.05, 0.1) is 22.0 Å². The second kappa shape index (κ2) is 9.96. The van der Waals surface area contributed by atoms with Gasteiger partial charge in [0.2, 0.25) is 0 Å². The summed E-state index contributed by atoms with van der Waals surface area (Å²) in [6.07, 6.45) is 6.03. The number of benzene rings is 2. The van der Waals surface area contributed by atoms with Gasteiger partial charge in [-0.05, 0) is 112 Å². The van der Waals surface area contributed by atoms with Gasteiger partial charge in [0.1, 0.15) is 0 Å². The Hall–Kier alpha value is -3.51. The van der Waals surface area contributed by atoms with Crippen molar-refractivity contribution >= 4 is 17.7 Å². The molecular formula is C41H44N2O9. The van der Waals surface area contributed by atoms with E-state index in [2.05, 4.69) is 9.80 Å². The van der Waals surface area contributed by atoms with Crippen LogP contribution < -0.4 is 18.9 Å². The second-order valence-corrected chi connectivity index (χ2v) is 17.8. The van der Waals surface area contributed by atoms with Crippen molar-refractivity contribution < 1.29 is 43.5 Å². The van der Waals surface area contributed by atoms with Gasteiger partial charge in [-0.25, -0.2) is 4.79 Å². The molecule has 2 aromatic rings. The highest BCUT2D eigenvalue weighted by atomic mass is 16.7. The number of piperidine rings is 2. The van der Waals surface area contributed by atoms with Gasteiger partial charge in [0, 0.05) is 49.1 Å². The lowest BCUT2D eigenvalue weighted by Gasteiger charge is -2.62. The van der Waals surface area contributed by atoms with Crippen molar-refractivity contribution in [1.82, 2.24) is 9.80 Å². The summed E-state index contributed by atoms with van der Waals surface area (Å²) in [4.78, 5) is 45.7. The number of ketones is 2. The van der Waals surface area contributed by atoms with Gasteiger partial charge in [-0.1, -0.05) is 12.1 Å². The molecule has 0 radical (unpaired) electrons. The molecule has 52 heavy (non-hydrogen) atoms. The van der Waals surface area contributed by atoms with E-state index in [1.807, 2.05) is 12.1 Å². The van der Waals surface area contributed by atoms with Gasteiger partial charge < -0.3 is 29.2 Å². The van der Waals surface area contributed by atoms with Gasteiger partial charge in [-0.3, -0.25) is 19.4 Å². The summed E-state index contributed by atoms with van der Waals surface area (Å²) >= 11 is 0. The van der Waals surface area contributed by atoms with E-state index in [1.165, 1.54) is 25.7 Å². The lowest BCUT2D eigenvalue weighted by atomic mass is 9.49. The molecule has 11 heteroatoms. The summed E-state index contributed by atoms with van der Waals surface area (Å²) in [5.41, 5.74) is -0.350. The Morgan fingerprint density at radius 1 is 0.692 bits per heavy atom. The highest BCUT2D eigenvalue weighted by Gasteiger charge is 2.75. The van der Waals surface area contributed by atoms with Crippen LogP contribution in [0.3, 0.4) is 0 Å². The van der Waals surface area contributed by atoms with E-state index >= 15 is 0 Å². The van der Waals surface area contributed by atoms with Crippen molar-refractivity contribution in [3.8, 4) is 23.0 Å². The van der Waals surface area contributed by atoms with Crippen molar-refractivity contribution in [2.75, 3.05) is 26.2 Å². The first-order valence-electron chi connectivity index (χ1n) is 19.7. The Kier molecular flexibility index (Phi) is 5.92. The van der Waals surface area contributed by atoms with Crippen LogP contribution in [0.15, 0.2) is 24.3 Å². The third-order valence-corrected chi connectivity index (χ3v) is 15.5. The topological polar surface area (TPSA) is 135 Å². The fourth-order valence-electron chi connectivity index (χ4n) is 12.9. The summed E-state index contributed by atoms with van der Waals surface area (Å²) in [5.74, 6) is 2.30. The van der Waals surface area contributed by atoms with Crippen LogP contribution in [0.25, 0.3) is 0 Å². The average molecular weight is 709 g/mol. The number of aliphatic hydroxyl groups is 2. The number of carbonyl (C=O) groups excluding carboxylic acids is 3. The highest BCUT2D eigenvalue weighted by Crippen LogP contribution is 2.67. The fraction of sp³-hybridized carbons (Fsp3) is 0.634. The van der Waals surface area contributed by atoms with Crippen LogP contribution >= 0.6 is 0 Å². The van der Waals surface area contributed by atoms with Gasteiger partial charge in [-0.15, -0.1) is 0 Å². The van der Waals surface area contributed by atoms with Crippen LogP contribution in [-0.4, -0.2) is 99.4 Å². The summed E-state index contributed by atoms with van der Waals surface area (Å²) in [6.45, 7) is 3.51. The Morgan fingerprint density at radius 3 is 1.56 bits per heavy atom. The standard InChI is InChI=1S/C41H44N2O9/c44-25-9-11-40(47)29-17-23-5-7-27(33-31(23)38(40,35(25)51-33)13-15-42(29)19-21-1-2-21)49-37(46)50-28-8-6-24-18-30-41(48)12-10-26(45)36-39(41,32(24)34(28)52-36)14-16-43(30)20-22-3-4-22/h5-8,21-22,29-30,35-36,47-48H,1-4,9-20H2/t29-,30-,35?,36?,38+,39+,40-,41-/m1/s1. The summed E-state index contributed by atoms with van der Waals surface area (Å²) in [7, 11) is 0. The first kappa shape index (κ1) is 30.9. The first-order valence-corrected chi connectivity index (χ1v) is 19.7. The first-order chi connectivity index (χ1) is 25.1. The largest absolute Gasteiger partial charge is 0.519 e. The Bertz CT molecular complexity index is 1870. The molecule has 6 aliphatic carbocycles. The minimum Gasteiger partial charge on any atom is -0.477 e. The van der Waals surface area contributed by atoms with Crippen molar-refractivity contribution in [3.05, 3.63) is 46.5 Å². The number of likely N-dealkylation sites (tertiary alicyclic amines) is 2.